The van der Waals surface area contributed by atoms with E-state index in [0.29, 0.717) is 18.0 Å². The van der Waals surface area contributed by atoms with E-state index in [1.165, 1.54) is 17.4 Å². The van der Waals surface area contributed by atoms with Gasteiger partial charge in [-0.15, -0.1) is 11.3 Å². The first kappa shape index (κ1) is 21.8. The molecular formula is C26H24N2O3S2. The molecule has 33 heavy (non-hydrogen) atoms. The molecule has 3 heterocycles. The fraction of sp³-hybridized carbons (Fsp3) is 0.231. The molecule has 0 fully saturated rings. The lowest BCUT2D eigenvalue weighted by atomic mass is 9.94. The normalized spacial score (nSPS) is 15.8. The summed E-state index contributed by atoms with van der Waals surface area (Å²) in [5, 5.41) is 0. The number of aryl methyl sites for hydroxylation is 1. The number of hydrogen-bond donors (Lipinski definition) is 0. The number of rotatable bonds is 4. The second kappa shape index (κ2) is 8.39. The van der Waals surface area contributed by atoms with Crippen molar-refractivity contribution < 1.29 is 13.2 Å². The third-order valence-corrected chi connectivity index (χ3v) is 8.29. The molecule has 0 saturated heterocycles. The Kier molecular flexibility index (Phi) is 5.54. The molecule has 2 aliphatic rings. The maximum absolute atomic E-state index is 12.8. The molecule has 0 spiro atoms. The van der Waals surface area contributed by atoms with Crippen LogP contribution in [0.25, 0.3) is 16.7 Å². The van der Waals surface area contributed by atoms with Gasteiger partial charge in [0, 0.05) is 48.0 Å². The fourth-order valence-electron chi connectivity index (χ4n) is 4.36. The largest absolute Gasteiger partial charge is 0.334 e. The predicted octanol–water partition coefficient (Wildman–Crippen LogP) is 4.93. The number of carbonyl (C=O) groups excluding carboxylic acids is 1. The van der Waals surface area contributed by atoms with E-state index >= 15 is 0 Å². The first-order valence-corrected chi connectivity index (χ1v) is 13.6. The number of aromatic nitrogens is 1. The summed E-state index contributed by atoms with van der Waals surface area (Å²) < 4.78 is 23.5. The third kappa shape index (κ3) is 4.30. The molecule has 0 bridgehead atoms. The van der Waals surface area contributed by atoms with Crippen LogP contribution in [0.2, 0.25) is 0 Å². The van der Waals surface area contributed by atoms with Crippen LogP contribution in [0.5, 0.6) is 0 Å². The summed E-state index contributed by atoms with van der Waals surface area (Å²) in [5.74, 6) is 0.102. The molecule has 2 aromatic heterocycles. The van der Waals surface area contributed by atoms with Crippen LogP contribution in [0.4, 0.5) is 0 Å². The number of hydrogen-bond acceptors (Lipinski definition) is 5. The van der Waals surface area contributed by atoms with Crippen LogP contribution in [0.15, 0.2) is 71.3 Å². The number of nitrogens with zero attached hydrogens (tertiary/aromatic N) is 2. The minimum Gasteiger partial charge on any atom is -0.334 e. The summed E-state index contributed by atoms with van der Waals surface area (Å²) in [6, 6.07) is 13.0. The van der Waals surface area contributed by atoms with E-state index in [1.54, 1.807) is 23.5 Å². The van der Waals surface area contributed by atoms with Crippen molar-refractivity contribution in [1.82, 2.24) is 9.88 Å². The highest BCUT2D eigenvalue weighted by Crippen LogP contribution is 2.37. The number of carbonyl (C=O) groups is 1. The predicted molar refractivity (Wildman–Crippen MR) is 132 cm³/mol. The lowest BCUT2D eigenvalue weighted by Gasteiger charge is -2.27. The smallest absolute Gasteiger partial charge is 0.264 e. The molecular weight excluding hydrogens is 452 g/mol. The Hall–Kier alpha value is -3.03. The van der Waals surface area contributed by atoms with Gasteiger partial charge in [-0.2, -0.15) is 0 Å². The summed E-state index contributed by atoms with van der Waals surface area (Å²) in [6.45, 7) is 3.33. The van der Waals surface area contributed by atoms with Gasteiger partial charge in [-0.05, 0) is 60.4 Å². The van der Waals surface area contributed by atoms with Crippen molar-refractivity contribution in [3.8, 4) is 11.1 Å². The molecule has 5 nitrogen and oxygen atoms in total. The van der Waals surface area contributed by atoms with Gasteiger partial charge in [-0.25, -0.2) is 8.42 Å². The van der Waals surface area contributed by atoms with Crippen LogP contribution in [-0.2, 0) is 16.3 Å². The number of amides is 1. The van der Waals surface area contributed by atoms with Crippen LogP contribution in [-0.4, -0.2) is 43.6 Å². The van der Waals surface area contributed by atoms with Gasteiger partial charge >= 0.3 is 0 Å². The van der Waals surface area contributed by atoms with Gasteiger partial charge in [0.25, 0.3) is 5.91 Å². The maximum Gasteiger partial charge on any atom is 0.264 e. The van der Waals surface area contributed by atoms with Crippen LogP contribution in [0.3, 0.4) is 0 Å². The van der Waals surface area contributed by atoms with Gasteiger partial charge in [-0.3, -0.25) is 9.78 Å². The Morgan fingerprint density at radius 1 is 1.06 bits per heavy atom. The third-order valence-electron chi connectivity index (χ3n) is 6.17. The first-order valence-electron chi connectivity index (χ1n) is 10.8. The molecule has 0 radical (unpaired) electrons. The second-order valence-electron chi connectivity index (χ2n) is 8.48. The minimum atomic E-state index is -3.22. The molecule has 1 aromatic carbocycles. The number of fused-ring (bicyclic) bond motifs is 1. The van der Waals surface area contributed by atoms with E-state index in [-0.39, 0.29) is 5.91 Å². The van der Waals surface area contributed by atoms with Gasteiger partial charge in [0.05, 0.1) is 15.5 Å². The summed E-state index contributed by atoms with van der Waals surface area (Å²) in [6.07, 6.45) is 9.06. The highest BCUT2D eigenvalue weighted by molar-refractivity contribution is 7.90. The number of sulfone groups is 1. The lowest BCUT2D eigenvalue weighted by molar-refractivity contribution is 0.0774. The second-order valence-corrected chi connectivity index (χ2v) is 11.8. The van der Waals surface area contributed by atoms with Crippen molar-refractivity contribution in [2.45, 2.75) is 24.7 Å². The van der Waals surface area contributed by atoms with E-state index in [2.05, 4.69) is 23.2 Å². The van der Waals surface area contributed by atoms with E-state index in [9.17, 15) is 13.2 Å². The zero-order chi connectivity index (χ0) is 23.2. The quantitative estimate of drug-likeness (QED) is 0.535. The molecule has 1 aliphatic heterocycles. The fourth-order valence-corrected chi connectivity index (χ4v) is 5.82. The highest BCUT2D eigenvalue weighted by Gasteiger charge is 2.25. The lowest BCUT2D eigenvalue weighted by Crippen LogP contribution is -2.34. The van der Waals surface area contributed by atoms with Gasteiger partial charge < -0.3 is 4.90 Å². The summed E-state index contributed by atoms with van der Waals surface area (Å²) in [4.78, 5) is 21.6. The molecule has 1 aliphatic carbocycles. The number of allylic oxidation sites excluding steroid dienone is 2. The SMILES string of the molecule is Cc1ccc(C(=O)N2CC=C(C3=CCc4ncc(-c5ccc(S(C)(=O)=O)cc5)cc43)CC2)s1. The summed E-state index contributed by atoms with van der Waals surface area (Å²) in [5.41, 5.74) is 6.53. The van der Waals surface area contributed by atoms with Crippen molar-refractivity contribution in [3.05, 3.63) is 87.4 Å². The molecule has 168 valence electrons. The zero-order valence-corrected chi connectivity index (χ0v) is 20.2. The van der Waals surface area contributed by atoms with Crippen LogP contribution < -0.4 is 0 Å². The summed E-state index contributed by atoms with van der Waals surface area (Å²) in [7, 11) is -3.22. The molecule has 7 heteroatoms. The van der Waals surface area contributed by atoms with Crippen molar-refractivity contribution in [3.63, 3.8) is 0 Å². The number of benzene rings is 1. The molecule has 5 rings (SSSR count). The maximum atomic E-state index is 12.8. The molecule has 0 saturated carbocycles. The molecule has 0 atom stereocenters. The average molecular weight is 477 g/mol. The van der Waals surface area contributed by atoms with E-state index in [0.717, 1.165) is 45.0 Å². The number of thiophene rings is 1. The van der Waals surface area contributed by atoms with Crippen molar-refractivity contribution >= 4 is 32.7 Å². The number of pyridine rings is 1. The van der Waals surface area contributed by atoms with Crippen LogP contribution >= 0.6 is 11.3 Å². The van der Waals surface area contributed by atoms with Crippen LogP contribution in [0.1, 0.15) is 32.2 Å². The molecule has 0 N–H and O–H groups in total. The highest BCUT2D eigenvalue weighted by atomic mass is 32.2. The van der Waals surface area contributed by atoms with E-state index < -0.39 is 9.84 Å². The van der Waals surface area contributed by atoms with Gasteiger partial charge in [0.1, 0.15) is 0 Å². The Bertz CT molecular complexity index is 1410. The molecule has 0 unspecified atom stereocenters. The van der Waals surface area contributed by atoms with Crippen molar-refractivity contribution in [2.24, 2.45) is 0 Å². The van der Waals surface area contributed by atoms with Crippen molar-refractivity contribution in [1.29, 1.82) is 0 Å². The van der Waals surface area contributed by atoms with Gasteiger partial charge in [0.15, 0.2) is 9.84 Å². The topological polar surface area (TPSA) is 67.3 Å². The standard InChI is InChI=1S/C26H24N2O3S2/c1-17-3-10-25(32-17)26(29)28-13-11-19(12-14-28)22-8-9-24-23(22)15-20(16-27-24)18-4-6-21(7-5-18)33(2,30)31/h3-8,10-11,15-16H,9,12-14H2,1-2H3. The van der Waals surface area contributed by atoms with Gasteiger partial charge in [0.2, 0.25) is 0 Å². The van der Waals surface area contributed by atoms with Gasteiger partial charge in [-0.1, -0.05) is 24.3 Å². The Morgan fingerprint density at radius 2 is 1.85 bits per heavy atom. The van der Waals surface area contributed by atoms with E-state index in [4.69, 9.17) is 0 Å². The Labute approximate surface area is 198 Å². The molecule has 1 amide bonds. The molecule has 3 aromatic rings. The van der Waals surface area contributed by atoms with Crippen LogP contribution in [0, 0.1) is 6.92 Å². The monoisotopic (exact) mass is 476 g/mol. The summed E-state index contributed by atoms with van der Waals surface area (Å²) >= 11 is 1.54. The Balaban J connectivity index is 1.37. The Morgan fingerprint density at radius 3 is 2.48 bits per heavy atom. The first-order chi connectivity index (χ1) is 15.8. The average Bonchev–Trinajstić information content (AvgIpc) is 3.44. The zero-order valence-electron chi connectivity index (χ0n) is 18.5. The minimum absolute atomic E-state index is 0.102. The van der Waals surface area contributed by atoms with E-state index in [1.807, 2.05) is 42.3 Å². The van der Waals surface area contributed by atoms with Crippen molar-refractivity contribution in [2.75, 3.05) is 19.3 Å².